The Morgan fingerprint density at radius 2 is 1.88 bits per heavy atom. The maximum absolute atomic E-state index is 9.10. The Morgan fingerprint density at radius 1 is 1.08 bits per heavy atom. The van der Waals surface area contributed by atoms with E-state index in [0.717, 1.165) is 32.6 Å². The van der Waals surface area contributed by atoms with Gasteiger partial charge in [0.15, 0.2) is 5.01 Å². The zero-order valence-electron chi connectivity index (χ0n) is 12.6. The monoisotopic (exact) mass is 333 g/mol. The lowest BCUT2D eigenvalue weighted by molar-refractivity contribution is 0.415. The minimum Gasteiger partial charge on any atom is -0.497 e. The molecule has 7 heteroatoms. The molecular formula is C17H11N5OS. The fraction of sp³-hybridized carbons (Fsp3) is 0.0588. The van der Waals surface area contributed by atoms with Gasteiger partial charge in [-0.2, -0.15) is 5.26 Å². The summed E-state index contributed by atoms with van der Waals surface area (Å²) < 4.78 is 6.08. The van der Waals surface area contributed by atoms with Crippen molar-refractivity contribution < 1.29 is 4.74 Å². The van der Waals surface area contributed by atoms with Crippen molar-refractivity contribution in [2.24, 2.45) is 0 Å². The highest BCUT2D eigenvalue weighted by atomic mass is 32.1. The molecule has 0 atom stereocenters. The lowest BCUT2D eigenvalue weighted by atomic mass is 10.2. The zero-order valence-corrected chi connectivity index (χ0v) is 13.5. The summed E-state index contributed by atoms with van der Waals surface area (Å²) in [6, 6.07) is 13.4. The first-order chi connectivity index (χ1) is 11.8. The second-order valence-electron chi connectivity index (χ2n) is 5.01. The number of rotatable bonds is 3. The van der Waals surface area contributed by atoms with Crippen LogP contribution < -0.4 is 10.1 Å². The number of anilines is 2. The number of methoxy groups -OCH3 is 1. The highest BCUT2D eigenvalue weighted by Crippen LogP contribution is 2.34. The van der Waals surface area contributed by atoms with Crippen molar-refractivity contribution in [3.63, 3.8) is 0 Å². The molecule has 6 nitrogen and oxygen atoms in total. The first-order valence-electron chi connectivity index (χ1n) is 7.14. The summed E-state index contributed by atoms with van der Waals surface area (Å²) in [6.07, 6.45) is 1.52. The summed E-state index contributed by atoms with van der Waals surface area (Å²) in [4.78, 5) is 13.0. The molecule has 4 rings (SSSR count). The normalized spacial score (nSPS) is 10.7. The van der Waals surface area contributed by atoms with Crippen molar-refractivity contribution >= 4 is 44.0 Å². The van der Waals surface area contributed by atoms with Gasteiger partial charge >= 0.3 is 0 Å². The molecule has 0 bridgehead atoms. The Kier molecular flexibility index (Phi) is 3.44. The fourth-order valence-electron chi connectivity index (χ4n) is 2.48. The number of fused-ring (bicyclic) bond motifs is 3. The second-order valence-corrected chi connectivity index (χ2v) is 6.01. The summed E-state index contributed by atoms with van der Waals surface area (Å²) in [6.45, 7) is 0. The molecule has 0 aliphatic carbocycles. The molecule has 24 heavy (non-hydrogen) atoms. The van der Waals surface area contributed by atoms with Crippen LogP contribution in [0.25, 0.3) is 21.1 Å². The third kappa shape index (κ3) is 2.39. The Balaban J connectivity index is 1.87. The van der Waals surface area contributed by atoms with Gasteiger partial charge in [0.2, 0.25) is 0 Å². The number of thiazole rings is 1. The van der Waals surface area contributed by atoms with E-state index in [1.165, 1.54) is 17.7 Å². The largest absolute Gasteiger partial charge is 0.497 e. The van der Waals surface area contributed by atoms with Gasteiger partial charge in [-0.05, 0) is 36.4 Å². The number of aromatic nitrogens is 3. The molecule has 0 aliphatic heterocycles. The number of benzene rings is 2. The quantitative estimate of drug-likeness (QED) is 0.613. The van der Waals surface area contributed by atoms with E-state index in [1.54, 1.807) is 7.11 Å². The molecule has 0 saturated carbocycles. The SMILES string of the molecule is COc1ccc(Nc2ncnc3ccc4nc(C#N)sc4c23)cc1. The van der Waals surface area contributed by atoms with Crippen LogP contribution in [0, 0.1) is 11.3 Å². The summed E-state index contributed by atoms with van der Waals surface area (Å²) in [5, 5.41) is 13.7. The lowest BCUT2D eigenvalue weighted by Crippen LogP contribution is -1.96. The molecule has 0 spiro atoms. The Hall–Kier alpha value is -3.24. The number of hydrogen-bond donors (Lipinski definition) is 1. The highest BCUT2D eigenvalue weighted by molar-refractivity contribution is 7.20. The van der Waals surface area contributed by atoms with Crippen LogP contribution in [0.4, 0.5) is 11.5 Å². The summed E-state index contributed by atoms with van der Waals surface area (Å²) in [5.41, 5.74) is 2.47. The van der Waals surface area contributed by atoms with Gasteiger partial charge in [0.05, 0.1) is 28.2 Å². The van der Waals surface area contributed by atoms with E-state index in [1.807, 2.05) is 36.4 Å². The first kappa shape index (κ1) is 14.4. The van der Waals surface area contributed by atoms with Crippen molar-refractivity contribution in [3.8, 4) is 11.8 Å². The van der Waals surface area contributed by atoms with Gasteiger partial charge in [-0.1, -0.05) is 0 Å². The standard InChI is InChI=1S/C17H11N5OS/c1-23-11-4-2-10(3-5-11)21-17-15-12(19-9-20-17)6-7-13-16(15)24-14(8-18)22-13/h2-7,9H,1H3,(H,19,20,21). The molecule has 2 aromatic carbocycles. The smallest absolute Gasteiger partial charge is 0.195 e. The van der Waals surface area contributed by atoms with Crippen LogP contribution in [0.15, 0.2) is 42.7 Å². The molecule has 116 valence electrons. The van der Waals surface area contributed by atoms with E-state index < -0.39 is 0 Å². The van der Waals surface area contributed by atoms with Gasteiger partial charge in [-0.15, -0.1) is 11.3 Å². The van der Waals surface area contributed by atoms with E-state index in [0.29, 0.717) is 10.8 Å². The third-order valence-corrected chi connectivity index (χ3v) is 4.60. The van der Waals surface area contributed by atoms with E-state index in [9.17, 15) is 0 Å². The van der Waals surface area contributed by atoms with Crippen LogP contribution >= 0.6 is 11.3 Å². The van der Waals surface area contributed by atoms with Gasteiger partial charge in [0.25, 0.3) is 0 Å². The minimum absolute atomic E-state index is 0.428. The van der Waals surface area contributed by atoms with Crippen LogP contribution in [0.1, 0.15) is 5.01 Å². The molecule has 2 aromatic heterocycles. The molecule has 0 aliphatic rings. The van der Waals surface area contributed by atoms with Crippen LogP contribution in [-0.4, -0.2) is 22.1 Å². The van der Waals surface area contributed by atoms with Crippen LogP contribution in [0.5, 0.6) is 5.75 Å². The van der Waals surface area contributed by atoms with Crippen LogP contribution in [0.2, 0.25) is 0 Å². The molecule has 0 saturated heterocycles. The highest BCUT2D eigenvalue weighted by Gasteiger charge is 2.12. The third-order valence-electron chi connectivity index (χ3n) is 3.60. The second kappa shape index (κ2) is 5.76. The predicted octanol–water partition coefficient (Wildman–Crippen LogP) is 3.86. The first-order valence-corrected chi connectivity index (χ1v) is 7.95. The van der Waals surface area contributed by atoms with Crippen molar-refractivity contribution in [2.75, 3.05) is 12.4 Å². The number of nitrogens with one attached hydrogen (secondary N) is 1. The fourth-order valence-corrected chi connectivity index (χ4v) is 3.39. The zero-order chi connectivity index (χ0) is 16.5. The molecule has 0 fully saturated rings. The minimum atomic E-state index is 0.428. The van der Waals surface area contributed by atoms with Gasteiger partial charge in [0.1, 0.15) is 24.0 Å². The number of ether oxygens (including phenoxy) is 1. The number of hydrogen-bond acceptors (Lipinski definition) is 7. The van der Waals surface area contributed by atoms with Gasteiger partial charge < -0.3 is 10.1 Å². The van der Waals surface area contributed by atoms with E-state index >= 15 is 0 Å². The van der Waals surface area contributed by atoms with Crippen LogP contribution in [-0.2, 0) is 0 Å². The Bertz CT molecular complexity index is 1080. The molecule has 2 heterocycles. The van der Waals surface area contributed by atoms with Crippen LogP contribution in [0.3, 0.4) is 0 Å². The van der Waals surface area contributed by atoms with Gasteiger partial charge in [0, 0.05) is 5.69 Å². The summed E-state index contributed by atoms with van der Waals surface area (Å²) in [7, 11) is 1.63. The van der Waals surface area contributed by atoms with Gasteiger partial charge in [-0.3, -0.25) is 0 Å². The topological polar surface area (TPSA) is 83.7 Å². The molecule has 0 amide bonds. The molecule has 1 N–H and O–H groups in total. The van der Waals surface area contributed by atoms with E-state index in [2.05, 4.69) is 26.3 Å². The number of nitriles is 1. The average molecular weight is 333 g/mol. The van der Waals surface area contributed by atoms with Crippen molar-refractivity contribution in [3.05, 3.63) is 47.7 Å². The average Bonchev–Trinajstić information content (AvgIpc) is 3.06. The maximum atomic E-state index is 9.10. The summed E-state index contributed by atoms with van der Waals surface area (Å²) >= 11 is 1.35. The maximum Gasteiger partial charge on any atom is 0.195 e. The van der Waals surface area contributed by atoms with Gasteiger partial charge in [-0.25, -0.2) is 15.0 Å². The Morgan fingerprint density at radius 3 is 2.62 bits per heavy atom. The molecule has 0 radical (unpaired) electrons. The van der Waals surface area contributed by atoms with Crippen molar-refractivity contribution in [1.29, 1.82) is 5.26 Å². The van der Waals surface area contributed by atoms with Crippen molar-refractivity contribution in [1.82, 2.24) is 15.0 Å². The van der Waals surface area contributed by atoms with Crippen molar-refractivity contribution in [2.45, 2.75) is 0 Å². The molecule has 0 unspecified atom stereocenters. The predicted molar refractivity (Wildman–Crippen MR) is 93.7 cm³/mol. The Labute approximate surface area is 141 Å². The molecular weight excluding hydrogens is 322 g/mol. The van der Waals surface area contributed by atoms with E-state index in [-0.39, 0.29) is 0 Å². The lowest BCUT2D eigenvalue weighted by Gasteiger charge is -2.09. The van der Waals surface area contributed by atoms with E-state index in [4.69, 9.17) is 10.00 Å². The number of nitrogens with zero attached hydrogens (tertiary/aromatic N) is 4. The summed E-state index contributed by atoms with van der Waals surface area (Å²) in [5.74, 6) is 1.47. The molecule has 4 aromatic rings.